The van der Waals surface area contributed by atoms with Gasteiger partial charge in [0.2, 0.25) is 5.91 Å². The molecule has 0 bridgehead atoms. The molecule has 2 rings (SSSR count). The van der Waals surface area contributed by atoms with Gasteiger partial charge < -0.3 is 30.7 Å². The molecule has 0 unspecified atom stereocenters. The number of carbonyl (C=O) groups is 1. The number of carbonyl (C=O) groups excluding carboxylic acids is 1. The molecule has 7 atom stereocenters. The zero-order chi connectivity index (χ0) is 18.6. The molecule has 0 spiro atoms. The van der Waals surface area contributed by atoms with Crippen LogP contribution in [0.2, 0.25) is 0 Å². The Morgan fingerprint density at radius 1 is 1.24 bits per heavy atom. The van der Waals surface area contributed by atoms with Crippen LogP contribution in [0.4, 0.5) is 0 Å². The number of rotatable bonds is 7. The molecule has 5 N–H and O–H groups in total. The van der Waals surface area contributed by atoms with E-state index < -0.39 is 24.3 Å². The lowest BCUT2D eigenvalue weighted by Crippen LogP contribution is -2.45. The molecule has 0 radical (unpaired) electrons. The van der Waals surface area contributed by atoms with Gasteiger partial charge in [-0.3, -0.25) is 4.79 Å². The van der Waals surface area contributed by atoms with Gasteiger partial charge in [-0.1, -0.05) is 27.2 Å². The van der Waals surface area contributed by atoms with Crippen molar-refractivity contribution in [1.82, 2.24) is 10.6 Å². The van der Waals surface area contributed by atoms with E-state index in [0.29, 0.717) is 17.8 Å². The highest BCUT2D eigenvalue weighted by atomic mass is 16.5. The summed E-state index contributed by atoms with van der Waals surface area (Å²) in [5.74, 6) is 1.42. The summed E-state index contributed by atoms with van der Waals surface area (Å²) in [7, 11) is 0. The van der Waals surface area contributed by atoms with E-state index in [1.165, 1.54) is 6.42 Å². The highest BCUT2D eigenvalue weighted by molar-refractivity contribution is 5.77. The number of hydrogen-bond acceptors (Lipinski definition) is 6. The van der Waals surface area contributed by atoms with Crippen LogP contribution < -0.4 is 10.6 Å². The summed E-state index contributed by atoms with van der Waals surface area (Å²) in [6.07, 6.45) is 1.42. The van der Waals surface area contributed by atoms with E-state index >= 15 is 0 Å². The maximum absolute atomic E-state index is 12.1. The van der Waals surface area contributed by atoms with Crippen LogP contribution in [-0.2, 0) is 9.53 Å². The second kappa shape index (κ2) is 9.28. The van der Waals surface area contributed by atoms with Crippen molar-refractivity contribution in [3.8, 4) is 0 Å². The van der Waals surface area contributed by atoms with E-state index in [2.05, 4.69) is 31.4 Å². The molecule has 25 heavy (non-hydrogen) atoms. The van der Waals surface area contributed by atoms with Gasteiger partial charge in [0.1, 0.15) is 6.61 Å². The normalized spacial score (nSPS) is 38.9. The Balaban J connectivity index is 1.75. The first-order valence-corrected chi connectivity index (χ1v) is 9.44. The van der Waals surface area contributed by atoms with Crippen LogP contribution in [0.3, 0.4) is 0 Å². The number of amides is 1. The highest BCUT2D eigenvalue weighted by Gasteiger charge is 2.40. The summed E-state index contributed by atoms with van der Waals surface area (Å²) in [6.45, 7) is 6.56. The van der Waals surface area contributed by atoms with Crippen molar-refractivity contribution in [2.45, 2.75) is 70.4 Å². The predicted molar refractivity (Wildman–Crippen MR) is 93.9 cm³/mol. The van der Waals surface area contributed by atoms with Gasteiger partial charge >= 0.3 is 0 Å². The van der Waals surface area contributed by atoms with Gasteiger partial charge in [0, 0.05) is 6.54 Å². The third-order valence-corrected chi connectivity index (χ3v) is 5.71. The fourth-order valence-electron chi connectivity index (χ4n) is 4.05. The number of nitrogens with one attached hydrogen (secondary N) is 2. The average Bonchev–Trinajstić information content (AvgIpc) is 2.85. The summed E-state index contributed by atoms with van der Waals surface area (Å²) >= 11 is 0. The smallest absolute Gasteiger partial charge is 0.246 e. The first kappa shape index (κ1) is 20.6. The van der Waals surface area contributed by atoms with Gasteiger partial charge in [-0.25, -0.2) is 0 Å². The third kappa shape index (κ3) is 5.37. The maximum atomic E-state index is 12.1. The van der Waals surface area contributed by atoms with Crippen molar-refractivity contribution in [1.29, 1.82) is 0 Å². The lowest BCUT2D eigenvalue weighted by atomic mass is 9.75. The fraction of sp³-hybridized carbons (Fsp3) is 0.944. The van der Waals surface area contributed by atoms with E-state index in [4.69, 9.17) is 9.84 Å². The Hall–Kier alpha value is -0.730. The summed E-state index contributed by atoms with van der Waals surface area (Å²) in [5.41, 5.74) is 0. The fourth-order valence-corrected chi connectivity index (χ4v) is 4.05. The van der Waals surface area contributed by atoms with E-state index in [0.717, 1.165) is 12.8 Å². The highest BCUT2D eigenvalue weighted by Crippen LogP contribution is 2.35. The van der Waals surface area contributed by atoms with Crippen LogP contribution in [0.5, 0.6) is 0 Å². The van der Waals surface area contributed by atoms with E-state index in [9.17, 15) is 15.0 Å². The van der Waals surface area contributed by atoms with Crippen LogP contribution in [-0.4, -0.2) is 71.4 Å². The molecule has 1 heterocycles. The van der Waals surface area contributed by atoms with Gasteiger partial charge in [0.05, 0.1) is 37.0 Å². The first-order chi connectivity index (χ1) is 11.8. The van der Waals surface area contributed by atoms with Gasteiger partial charge in [0.25, 0.3) is 0 Å². The van der Waals surface area contributed by atoms with Crippen LogP contribution in [0.25, 0.3) is 0 Å². The molecule has 1 amide bonds. The molecule has 1 saturated carbocycles. The molecule has 0 aromatic carbocycles. The standard InChI is InChI=1S/C18H34N2O5/c1-10(2)12-5-4-11(3)6-15(12)25-9-16(22)19-7-13-17(23)18(24)14(8-21)20-13/h10-15,17-18,20-21,23-24H,4-9H2,1-3H3,(H,19,22)/t11-,12+,13+,14+,15-,17+,18-/m0/s1. The van der Waals surface area contributed by atoms with Crippen molar-refractivity contribution in [3.63, 3.8) is 0 Å². The van der Waals surface area contributed by atoms with Crippen molar-refractivity contribution in [2.75, 3.05) is 19.8 Å². The summed E-state index contributed by atoms with van der Waals surface area (Å²) in [5, 5.41) is 34.5. The molecule has 2 fully saturated rings. The molecule has 7 nitrogen and oxygen atoms in total. The van der Waals surface area contributed by atoms with Crippen LogP contribution in [0.15, 0.2) is 0 Å². The lowest BCUT2D eigenvalue weighted by molar-refractivity contribution is -0.131. The Bertz CT molecular complexity index is 434. The third-order valence-electron chi connectivity index (χ3n) is 5.71. The average molecular weight is 358 g/mol. The van der Waals surface area contributed by atoms with Gasteiger partial charge in [-0.2, -0.15) is 0 Å². The number of aliphatic hydroxyl groups is 3. The Morgan fingerprint density at radius 3 is 2.52 bits per heavy atom. The van der Waals surface area contributed by atoms with Crippen LogP contribution in [0, 0.1) is 17.8 Å². The zero-order valence-corrected chi connectivity index (χ0v) is 15.5. The van der Waals surface area contributed by atoms with Gasteiger partial charge in [0.15, 0.2) is 0 Å². The zero-order valence-electron chi connectivity index (χ0n) is 15.5. The van der Waals surface area contributed by atoms with E-state index in [-0.39, 0.29) is 31.8 Å². The Kier molecular flexibility index (Phi) is 7.64. The molecular weight excluding hydrogens is 324 g/mol. The monoisotopic (exact) mass is 358 g/mol. The van der Waals surface area contributed by atoms with Crippen LogP contribution in [0.1, 0.15) is 40.0 Å². The first-order valence-electron chi connectivity index (χ1n) is 9.44. The summed E-state index contributed by atoms with van der Waals surface area (Å²) < 4.78 is 5.91. The number of hydrogen-bond donors (Lipinski definition) is 5. The van der Waals surface area contributed by atoms with E-state index in [1.54, 1.807) is 0 Å². The van der Waals surface area contributed by atoms with Crippen molar-refractivity contribution < 1.29 is 24.9 Å². The van der Waals surface area contributed by atoms with Crippen LogP contribution >= 0.6 is 0 Å². The number of aliphatic hydroxyl groups excluding tert-OH is 3. The van der Waals surface area contributed by atoms with Crippen molar-refractivity contribution >= 4 is 5.91 Å². The Labute approximate surface area is 150 Å². The summed E-state index contributed by atoms with van der Waals surface area (Å²) in [4.78, 5) is 12.1. The topological polar surface area (TPSA) is 111 Å². The molecule has 146 valence electrons. The molecule has 0 aromatic rings. The minimum atomic E-state index is -1.03. The minimum Gasteiger partial charge on any atom is -0.395 e. The SMILES string of the molecule is CC(C)[C@H]1CC[C@H](C)C[C@@H]1OCC(=O)NC[C@H]1N[C@H](CO)[C@H](O)[C@@H]1O. The molecule has 1 aliphatic heterocycles. The van der Waals surface area contributed by atoms with Crippen molar-refractivity contribution in [3.05, 3.63) is 0 Å². The lowest BCUT2D eigenvalue weighted by Gasteiger charge is -2.37. The largest absolute Gasteiger partial charge is 0.395 e. The molecule has 7 heteroatoms. The molecule has 2 aliphatic rings. The Morgan fingerprint density at radius 2 is 1.92 bits per heavy atom. The molecular formula is C18H34N2O5. The van der Waals surface area contributed by atoms with Gasteiger partial charge in [-0.15, -0.1) is 0 Å². The summed E-state index contributed by atoms with van der Waals surface area (Å²) in [6, 6.07) is -1.04. The second-order valence-electron chi connectivity index (χ2n) is 8.02. The second-order valence-corrected chi connectivity index (χ2v) is 8.02. The molecule has 1 aliphatic carbocycles. The predicted octanol–water partition coefficient (Wildman–Crippen LogP) is -0.365. The molecule has 0 aromatic heterocycles. The maximum Gasteiger partial charge on any atom is 0.246 e. The quantitative estimate of drug-likeness (QED) is 0.425. The minimum absolute atomic E-state index is 0.00933. The van der Waals surface area contributed by atoms with Gasteiger partial charge in [-0.05, 0) is 30.6 Å². The number of ether oxygens (including phenoxy) is 1. The van der Waals surface area contributed by atoms with Crippen molar-refractivity contribution in [2.24, 2.45) is 17.8 Å². The van der Waals surface area contributed by atoms with E-state index in [1.807, 2.05) is 0 Å². The molecule has 1 saturated heterocycles.